The van der Waals surface area contributed by atoms with Gasteiger partial charge in [0.25, 0.3) is 0 Å². The van der Waals surface area contributed by atoms with Crippen LogP contribution in [0.25, 0.3) is 0 Å². The van der Waals surface area contributed by atoms with Crippen LogP contribution in [0.4, 0.5) is 0 Å². The summed E-state index contributed by atoms with van der Waals surface area (Å²) in [5.41, 5.74) is 0.183. The maximum Gasteiger partial charge on any atom is 0.132 e. The fourth-order valence-electron chi connectivity index (χ4n) is 3.24. The molecule has 0 aromatic rings. The quantitative estimate of drug-likeness (QED) is 0.759. The van der Waals surface area contributed by atoms with Crippen molar-refractivity contribution in [2.45, 2.75) is 63.9 Å². The molecule has 1 spiro atoms. The topological polar surface area (TPSA) is 26.3 Å². The Morgan fingerprint density at radius 2 is 2.11 bits per heavy atom. The molecule has 2 heterocycles. The Bertz CT molecular complexity index is 266. The van der Waals surface area contributed by atoms with Crippen LogP contribution in [0.5, 0.6) is 0 Å². The van der Waals surface area contributed by atoms with Crippen molar-refractivity contribution in [2.24, 2.45) is 5.92 Å². The van der Waals surface area contributed by atoms with Crippen molar-refractivity contribution in [3.8, 4) is 0 Å². The van der Waals surface area contributed by atoms with Crippen molar-refractivity contribution in [3.63, 3.8) is 0 Å². The average Bonchev–Trinajstić information content (AvgIpc) is 2.38. The van der Waals surface area contributed by atoms with E-state index < -0.39 is 0 Å². The average molecular weight is 270 g/mol. The van der Waals surface area contributed by atoms with E-state index in [1.54, 1.807) is 0 Å². The van der Waals surface area contributed by atoms with Crippen molar-refractivity contribution < 1.29 is 9.53 Å². The van der Waals surface area contributed by atoms with Gasteiger partial charge >= 0.3 is 0 Å². The third-order valence-corrected chi connectivity index (χ3v) is 5.34. The first kappa shape index (κ1) is 14.4. The molecule has 0 amide bonds. The highest BCUT2D eigenvalue weighted by molar-refractivity contribution is 7.99. The summed E-state index contributed by atoms with van der Waals surface area (Å²) in [6.07, 6.45) is 8.45. The molecule has 2 nitrogen and oxygen atoms in total. The van der Waals surface area contributed by atoms with E-state index in [9.17, 15) is 4.79 Å². The number of carbonyl (C=O) groups excluding carboxylic acids is 1. The predicted octanol–water partition coefficient (Wildman–Crippen LogP) is 3.83. The zero-order chi connectivity index (χ0) is 12.8. The van der Waals surface area contributed by atoms with Crippen molar-refractivity contribution in [3.05, 3.63) is 0 Å². The molecule has 0 bridgehead atoms. The molecule has 1 unspecified atom stereocenters. The van der Waals surface area contributed by atoms with Crippen LogP contribution < -0.4 is 0 Å². The van der Waals surface area contributed by atoms with Crippen LogP contribution in [-0.2, 0) is 9.53 Å². The molecule has 0 aromatic carbocycles. The molecule has 2 saturated heterocycles. The van der Waals surface area contributed by atoms with E-state index in [-0.39, 0.29) is 5.60 Å². The summed E-state index contributed by atoms with van der Waals surface area (Å²) in [4.78, 5) is 11.6. The Hall–Kier alpha value is -0.0200. The van der Waals surface area contributed by atoms with Gasteiger partial charge in [-0.05, 0) is 55.9 Å². The predicted molar refractivity (Wildman–Crippen MR) is 77.1 cm³/mol. The van der Waals surface area contributed by atoms with Gasteiger partial charge in [-0.3, -0.25) is 4.79 Å². The zero-order valence-electron chi connectivity index (χ0n) is 11.6. The number of rotatable bonds is 5. The Morgan fingerprint density at radius 1 is 1.33 bits per heavy atom. The molecule has 2 aliphatic rings. The highest BCUT2D eigenvalue weighted by Crippen LogP contribution is 2.40. The standard InChI is InChI=1S/C15H26O2S/c1-2-3-14(16)5-4-13-6-9-17-15(12-13)7-10-18-11-8-15/h13H,2-12H2,1H3. The second-order valence-electron chi connectivity index (χ2n) is 5.83. The summed E-state index contributed by atoms with van der Waals surface area (Å²) in [6.45, 7) is 3.00. The maximum atomic E-state index is 11.6. The molecule has 0 N–H and O–H groups in total. The van der Waals surface area contributed by atoms with Gasteiger partial charge in [-0.1, -0.05) is 6.92 Å². The molecule has 3 heteroatoms. The molecular formula is C15H26O2S. The Labute approximate surface area is 115 Å². The Balaban J connectivity index is 1.77. The van der Waals surface area contributed by atoms with Crippen molar-refractivity contribution >= 4 is 17.5 Å². The molecule has 0 aliphatic carbocycles. The number of carbonyl (C=O) groups is 1. The highest BCUT2D eigenvalue weighted by atomic mass is 32.2. The number of ether oxygens (including phenoxy) is 1. The van der Waals surface area contributed by atoms with E-state index in [1.165, 1.54) is 30.8 Å². The van der Waals surface area contributed by atoms with E-state index in [4.69, 9.17) is 4.74 Å². The van der Waals surface area contributed by atoms with Crippen LogP contribution in [0.3, 0.4) is 0 Å². The summed E-state index contributed by atoms with van der Waals surface area (Å²) < 4.78 is 6.09. The Kier molecular flexibility index (Phi) is 5.56. The maximum absolute atomic E-state index is 11.6. The fraction of sp³-hybridized carbons (Fsp3) is 0.933. The number of hydrogen-bond donors (Lipinski definition) is 0. The molecule has 0 radical (unpaired) electrons. The van der Waals surface area contributed by atoms with Crippen molar-refractivity contribution in [2.75, 3.05) is 18.1 Å². The second kappa shape index (κ2) is 6.95. The number of Topliss-reactive ketones (excluding diaryl/α,β-unsaturated/α-hetero) is 1. The van der Waals surface area contributed by atoms with E-state index >= 15 is 0 Å². The lowest BCUT2D eigenvalue weighted by molar-refractivity contribution is -0.121. The largest absolute Gasteiger partial charge is 0.375 e. The monoisotopic (exact) mass is 270 g/mol. The number of ketones is 1. The van der Waals surface area contributed by atoms with Gasteiger partial charge in [0.05, 0.1) is 5.60 Å². The van der Waals surface area contributed by atoms with Gasteiger partial charge in [0, 0.05) is 19.4 Å². The van der Waals surface area contributed by atoms with E-state index in [0.717, 1.165) is 44.6 Å². The third kappa shape index (κ3) is 3.99. The van der Waals surface area contributed by atoms with Crippen molar-refractivity contribution in [1.82, 2.24) is 0 Å². The second-order valence-corrected chi connectivity index (χ2v) is 7.05. The molecule has 18 heavy (non-hydrogen) atoms. The first-order chi connectivity index (χ1) is 8.74. The minimum absolute atomic E-state index is 0.183. The molecule has 0 aromatic heterocycles. The summed E-state index contributed by atoms with van der Waals surface area (Å²) in [7, 11) is 0. The van der Waals surface area contributed by atoms with Crippen LogP contribution in [0, 0.1) is 5.92 Å². The van der Waals surface area contributed by atoms with Crippen LogP contribution in [0.2, 0.25) is 0 Å². The first-order valence-corrected chi connectivity index (χ1v) is 8.63. The van der Waals surface area contributed by atoms with Gasteiger partial charge in [0.1, 0.15) is 5.78 Å². The van der Waals surface area contributed by atoms with Gasteiger partial charge in [0.15, 0.2) is 0 Å². The SMILES string of the molecule is CCCC(=O)CCC1CCOC2(CCSCC2)C1. The number of hydrogen-bond acceptors (Lipinski definition) is 3. The zero-order valence-corrected chi connectivity index (χ0v) is 12.4. The number of thioether (sulfide) groups is 1. The molecule has 2 aliphatic heterocycles. The molecule has 104 valence electrons. The highest BCUT2D eigenvalue weighted by Gasteiger charge is 2.38. The smallest absolute Gasteiger partial charge is 0.132 e. The lowest BCUT2D eigenvalue weighted by Gasteiger charge is -2.43. The van der Waals surface area contributed by atoms with Crippen LogP contribution in [0.15, 0.2) is 0 Å². The lowest BCUT2D eigenvalue weighted by Crippen LogP contribution is -2.42. The third-order valence-electron chi connectivity index (χ3n) is 4.36. The summed E-state index contributed by atoms with van der Waals surface area (Å²) in [6, 6.07) is 0. The Morgan fingerprint density at radius 3 is 2.83 bits per heavy atom. The molecular weight excluding hydrogens is 244 g/mol. The van der Waals surface area contributed by atoms with E-state index in [2.05, 4.69) is 18.7 Å². The lowest BCUT2D eigenvalue weighted by atomic mass is 9.80. The fourth-order valence-corrected chi connectivity index (χ4v) is 4.47. The van der Waals surface area contributed by atoms with Crippen molar-refractivity contribution in [1.29, 1.82) is 0 Å². The molecule has 1 atom stereocenters. The minimum Gasteiger partial charge on any atom is -0.375 e. The van der Waals surface area contributed by atoms with Crippen LogP contribution in [0.1, 0.15) is 58.3 Å². The minimum atomic E-state index is 0.183. The molecule has 0 saturated carbocycles. The molecule has 2 rings (SSSR count). The van der Waals surface area contributed by atoms with E-state index in [1.807, 2.05) is 0 Å². The van der Waals surface area contributed by atoms with Gasteiger partial charge in [-0.15, -0.1) is 0 Å². The van der Waals surface area contributed by atoms with E-state index in [0.29, 0.717) is 5.78 Å². The normalized spacial score (nSPS) is 27.3. The first-order valence-electron chi connectivity index (χ1n) is 7.47. The van der Waals surface area contributed by atoms with Crippen LogP contribution in [-0.4, -0.2) is 29.5 Å². The van der Waals surface area contributed by atoms with Gasteiger partial charge in [-0.25, -0.2) is 0 Å². The summed E-state index contributed by atoms with van der Waals surface area (Å²) >= 11 is 2.05. The summed E-state index contributed by atoms with van der Waals surface area (Å²) in [5.74, 6) is 3.68. The van der Waals surface area contributed by atoms with Gasteiger partial charge in [0.2, 0.25) is 0 Å². The summed E-state index contributed by atoms with van der Waals surface area (Å²) in [5, 5.41) is 0. The van der Waals surface area contributed by atoms with Gasteiger partial charge < -0.3 is 4.74 Å². The van der Waals surface area contributed by atoms with Crippen LogP contribution >= 0.6 is 11.8 Å². The molecule has 2 fully saturated rings. The van der Waals surface area contributed by atoms with Gasteiger partial charge in [-0.2, -0.15) is 11.8 Å².